The monoisotopic (exact) mass is 296 g/mol. The molecule has 0 radical (unpaired) electrons. The van der Waals surface area contributed by atoms with Gasteiger partial charge in [0, 0.05) is 17.7 Å². The van der Waals surface area contributed by atoms with Crippen LogP contribution in [0.15, 0.2) is 18.2 Å². The maximum atomic E-state index is 12.2. The first-order valence-corrected chi connectivity index (χ1v) is 6.94. The fourth-order valence-electron chi connectivity index (χ4n) is 2.63. The first-order chi connectivity index (χ1) is 9.31. The van der Waals surface area contributed by atoms with E-state index < -0.39 is 4.92 Å². The summed E-state index contributed by atoms with van der Waals surface area (Å²) in [6, 6.07) is 4.17. The van der Waals surface area contributed by atoms with Crippen LogP contribution in [0.3, 0.4) is 0 Å². The number of halogens is 1. The Labute approximate surface area is 122 Å². The minimum absolute atomic E-state index is 0.0201. The largest absolute Gasteiger partial charge is 0.349 e. The molecule has 0 aliphatic heterocycles. The fraction of sp³-hybridized carbons (Fsp3) is 0.500. The molecule has 0 aromatic heterocycles. The first-order valence-electron chi connectivity index (χ1n) is 6.56. The van der Waals surface area contributed by atoms with Gasteiger partial charge in [-0.05, 0) is 30.4 Å². The third kappa shape index (κ3) is 2.93. The summed E-state index contributed by atoms with van der Waals surface area (Å²) in [5, 5.41) is 13.7. The van der Waals surface area contributed by atoms with Crippen molar-refractivity contribution in [3.05, 3.63) is 38.9 Å². The lowest BCUT2D eigenvalue weighted by Gasteiger charge is -2.27. The average molecular weight is 297 g/mol. The van der Waals surface area contributed by atoms with Gasteiger partial charge < -0.3 is 5.32 Å². The third-order valence-corrected chi connectivity index (χ3v) is 4.27. The van der Waals surface area contributed by atoms with Crippen molar-refractivity contribution < 1.29 is 9.72 Å². The zero-order valence-electron chi connectivity index (χ0n) is 11.5. The van der Waals surface area contributed by atoms with Crippen molar-refractivity contribution in [2.24, 2.45) is 5.41 Å². The number of hydrogen-bond acceptors (Lipinski definition) is 3. The van der Waals surface area contributed by atoms with Crippen molar-refractivity contribution in [2.75, 3.05) is 0 Å². The zero-order chi connectivity index (χ0) is 14.9. The molecule has 1 saturated carbocycles. The predicted molar refractivity (Wildman–Crippen MR) is 77.0 cm³/mol. The highest BCUT2D eigenvalue weighted by molar-refractivity contribution is 6.33. The van der Waals surface area contributed by atoms with Gasteiger partial charge in [0.1, 0.15) is 5.02 Å². The number of carbonyl (C=O) groups is 1. The van der Waals surface area contributed by atoms with Gasteiger partial charge in [-0.1, -0.05) is 31.9 Å². The summed E-state index contributed by atoms with van der Waals surface area (Å²) in [7, 11) is 0. The van der Waals surface area contributed by atoms with E-state index in [1.165, 1.54) is 18.2 Å². The number of nitro groups is 1. The van der Waals surface area contributed by atoms with Crippen LogP contribution in [0.25, 0.3) is 0 Å². The number of carbonyl (C=O) groups excluding carboxylic acids is 1. The number of nitrogens with zero attached hydrogens (tertiary/aromatic N) is 1. The summed E-state index contributed by atoms with van der Waals surface area (Å²) >= 11 is 5.82. The van der Waals surface area contributed by atoms with E-state index in [1.807, 2.05) is 0 Å². The molecule has 1 atom stereocenters. The Bertz CT molecular complexity index is 557. The SMILES string of the molecule is CC1(C)CCCC1NC(=O)c1ccc([N+](=O)[O-])c(Cl)c1. The average Bonchev–Trinajstić information content (AvgIpc) is 2.68. The molecule has 1 N–H and O–H groups in total. The molecular weight excluding hydrogens is 280 g/mol. The van der Waals surface area contributed by atoms with Crippen LogP contribution in [0.2, 0.25) is 5.02 Å². The van der Waals surface area contributed by atoms with Gasteiger partial charge in [-0.15, -0.1) is 0 Å². The highest BCUT2D eigenvalue weighted by Crippen LogP contribution is 2.37. The maximum Gasteiger partial charge on any atom is 0.287 e. The molecule has 0 saturated heterocycles. The lowest BCUT2D eigenvalue weighted by molar-refractivity contribution is -0.384. The molecule has 0 bridgehead atoms. The molecule has 2 rings (SSSR count). The number of amides is 1. The quantitative estimate of drug-likeness (QED) is 0.684. The highest BCUT2D eigenvalue weighted by atomic mass is 35.5. The number of benzene rings is 1. The molecule has 1 fully saturated rings. The van der Waals surface area contributed by atoms with Crippen LogP contribution in [-0.2, 0) is 0 Å². The minimum Gasteiger partial charge on any atom is -0.349 e. The van der Waals surface area contributed by atoms with Crippen molar-refractivity contribution in [3.8, 4) is 0 Å². The Hall–Kier alpha value is -1.62. The first kappa shape index (κ1) is 14.8. The molecule has 1 amide bonds. The zero-order valence-corrected chi connectivity index (χ0v) is 12.2. The summed E-state index contributed by atoms with van der Waals surface area (Å²) < 4.78 is 0. The summed E-state index contributed by atoms with van der Waals surface area (Å²) in [5.41, 5.74) is 0.243. The number of nitrogens with one attached hydrogen (secondary N) is 1. The second-order valence-electron chi connectivity index (χ2n) is 5.83. The summed E-state index contributed by atoms with van der Waals surface area (Å²) in [5.74, 6) is -0.234. The van der Waals surface area contributed by atoms with Gasteiger partial charge in [-0.25, -0.2) is 0 Å². The Balaban J connectivity index is 2.14. The summed E-state index contributed by atoms with van der Waals surface area (Å²) in [6.07, 6.45) is 3.14. The van der Waals surface area contributed by atoms with Gasteiger partial charge >= 0.3 is 0 Å². The van der Waals surface area contributed by atoms with Gasteiger partial charge in [0.15, 0.2) is 0 Å². The van der Waals surface area contributed by atoms with Gasteiger partial charge in [-0.2, -0.15) is 0 Å². The van der Waals surface area contributed by atoms with E-state index >= 15 is 0 Å². The number of rotatable bonds is 3. The molecule has 108 valence electrons. The smallest absolute Gasteiger partial charge is 0.287 e. The number of nitro benzene ring substituents is 1. The van der Waals surface area contributed by atoms with Crippen LogP contribution in [-0.4, -0.2) is 16.9 Å². The molecule has 5 nitrogen and oxygen atoms in total. The van der Waals surface area contributed by atoms with E-state index in [2.05, 4.69) is 19.2 Å². The lowest BCUT2D eigenvalue weighted by Crippen LogP contribution is -2.41. The lowest BCUT2D eigenvalue weighted by atomic mass is 9.87. The van der Waals surface area contributed by atoms with E-state index in [1.54, 1.807) is 0 Å². The highest BCUT2D eigenvalue weighted by Gasteiger charge is 2.35. The van der Waals surface area contributed by atoms with E-state index in [0.717, 1.165) is 19.3 Å². The van der Waals surface area contributed by atoms with Crippen LogP contribution in [0.1, 0.15) is 43.5 Å². The van der Waals surface area contributed by atoms with Crippen molar-refractivity contribution in [1.29, 1.82) is 0 Å². The predicted octanol–water partition coefficient (Wildman–Crippen LogP) is 3.56. The Kier molecular flexibility index (Phi) is 3.99. The van der Waals surface area contributed by atoms with Crippen molar-refractivity contribution in [2.45, 2.75) is 39.2 Å². The maximum absolute atomic E-state index is 12.2. The topological polar surface area (TPSA) is 72.2 Å². The normalized spacial score (nSPS) is 20.6. The second-order valence-corrected chi connectivity index (χ2v) is 6.24. The molecule has 0 heterocycles. The van der Waals surface area contributed by atoms with E-state index in [9.17, 15) is 14.9 Å². The van der Waals surface area contributed by atoms with Crippen LogP contribution in [0.4, 0.5) is 5.69 Å². The van der Waals surface area contributed by atoms with Crippen LogP contribution in [0, 0.1) is 15.5 Å². The molecule has 1 unspecified atom stereocenters. The van der Waals surface area contributed by atoms with Gasteiger partial charge in [0.25, 0.3) is 11.6 Å². The second kappa shape index (κ2) is 5.40. The Morgan fingerprint density at radius 3 is 2.70 bits per heavy atom. The van der Waals surface area contributed by atoms with Gasteiger partial charge in [0.2, 0.25) is 0 Å². The summed E-state index contributed by atoms with van der Waals surface area (Å²) in [6.45, 7) is 4.27. The van der Waals surface area contributed by atoms with Crippen LogP contribution >= 0.6 is 11.6 Å². The molecular formula is C14H17ClN2O3. The minimum atomic E-state index is -0.565. The molecule has 6 heteroatoms. The third-order valence-electron chi connectivity index (χ3n) is 3.97. The number of hydrogen-bond donors (Lipinski definition) is 1. The van der Waals surface area contributed by atoms with Crippen molar-refractivity contribution in [3.63, 3.8) is 0 Å². The van der Waals surface area contributed by atoms with Gasteiger partial charge in [0.05, 0.1) is 4.92 Å². The van der Waals surface area contributed by atoms with E-state index in [-0.39, 0.29) is 28.1 Å². The molecule has 1 aliphatic carbocycles. The molecule has 1 aromatic carbocycles. The summed E-state index contributed by atoms with van der Waals surface area (Å²) in [4.78, 5) is 22.3. The molecule has 1 aliphatic rings. The van der Waals surface area contributed by atoms with Crippen LogP contribution in [0.5, 0.6) is 0 Å². The standard InChI is InChI=1S/C14H17ClN2O3/c1-14(2)7-3-4-12(14)16-13(18)9-5-6-11(17(19)20)10(15)8-9/h5-6,8,12H,3-4,7H2,1-2H3,(H,16,18). The van der Waals surface area contributed by atoms with Gasteiger partial charge in [-0.3, -0.25) is 14.9 Å². The molecule has 1 aromatic rings. The van der Waals surface area contributed by atoms with Crippen LogP contribution < -0.4 is 5.32 Å². The van der Waals surface area contributed by atoms with Crippen molar-refractivity contribution in [1.82, 2.24) is 5.32 Å². The van der Waals surface area contributed by atoms with E-state index in [0.29, 0.717) is 5.56 Å². The Morgan fingerprint density at radius 1 is 1.50 bits per heavy atom. The fourth-order valence-corrected chi connectivity index (χ4v) is 2.88. The van der Waals surface area contributed by atoms with E-state index in [4.69, 9.17) is 11.6 Å². The van der Waals surface area contributed by atoms with Crippen molar-refractivity contribution >= 4 is 23.2 Å². The Morgan fingerprint density at radius 2 is 2.20 bits per heavy atom. The molecule has 20 heavy (non-hydrogen) atoms. The molecule has 0 spiro atoms.